The monoisotopic (exact) mass is 237 g/mol. The molecule has 1 unspecified atom stereocenters. The molecule has 0 aliphatic carbocycles. The average molecular weight is 237 g/mol. The molecule has 1 aliphatic rings. The van der Waals surface area contributed by atoms with Crippen molar-refractivity contribution in [2.75, 3.05) is 24.7 Å². The average Bonchev–Trinajstić information content (AvgIpc) is 2.52. The summed E-state index contributed by atoms with van der Waals surface area (Å²) in [5, 5.41) is 12.3. The normalized spacial score (nSPS) is 20.2. The van der Waals surface area contributed by atoms with E-state index in [0.717, 1.165) is 18.7 Å². The van der Waals surface area contributed by atoms with Gasteiger partial charge in [0.15, 0.2) is 0 Å². The van der Waals surface area contributed by atoms with E-state index in [1.807, 2.05) is 11.8 Å². The van der Waals surface area contributed by atoms with Gasteiger partial charge in [-0.2, -0.15) is 11.8 Å². The molecular formula is C13H19NOS. The molecular weight excluding hydrogens is 218 g/mol. The van der Waals surface area contributed by atoms with Gasteiger partial charge >= 0.3 is 0 Å². The highest BCUT2D eigenvalue weighted by molar-refractivity contribution is 7.99. The molecule has 1 aromatic carbocycles. The van der Waals surface area contributed by atoms with Crippen LogP contribution in [0, 0.1) is 0 Å². The molecule has 2 nitrogen and oxygen atoms in total. The molecule has 1 aliphatic heterocycles. The van der Waals surface area contributed by atoms with Crippen LogP contribution in [0.15, 0.2) is 24.3 Å². The van der Waals surface area contributed by atoms with E-state index < -0.39 is 0 Å². The van der Waals surface area contributed by atoms with E-state index in [1.54, 1.807) is 0 Å². The number of aryl methyl sites for hydroxylation is 1. The number of rotatable bonds is 4. The summed E-state index contributed by atoms with van der Waals surface area (Å²) in [7, 11) is 0. The smallest absolute Gasteiger partial charge is 0.0443 e. The molecule has 0 amide bonds. The Balaban J connectivity index is 2.06. The molecule has 0 radical (unpaired) electrons. The van der Waals surface area contributed by atoms with Gasteiger partial charge < -0.3 is 10.4 Å². The number of aliphatic hydroxyl groups is 1. The Morgan fingerprint density at radius 2 is 2.25 bits per heavy atom. The van der Waals surface area contributed by atoms with Crippen molar-refractivity contribution in [3.8, 4) is 0 Å². The molecule has 1 heterocycles. The molecule has 0 bridgehead atoms. The van der Waals surface area contributed by atoms with E-state index in [-0.39, 0.29) is 6.61 Å². The van der Waals surface area contributed by atoms with Gasteiger partial charge in [-0.3, -0.25) is 0 Å². The van der Waals surface area contributed by atoms with E-state index in [1.165, 1.54) is 23.3 Å². The SMILES string of the molecule is OCCCNC1CSCCc2ccccc21. The predicted molar refractivity (Wildman–Crippen MR) is 69.9 cm³/mol. The predicted octanol–water partition coefficient (Wildman–Crippen LogP) is 1.99. The number of fused-ring (bicyclic) bond motifs is 1. The van der Waals surface area contributed by atoms with Gasteiger partial charge in [0.2, 0.25) is 0 Å². The molecule has 1 aromatic rings. The molecule has 2 N–H and O–H groups in total. The van der Waals surface area contributed by atoms with E-state index in [9.17, 15) is 0 Å². The van der Waals surface area contributed by atoms with E-state index in [2.05, 4.69) is 29.6 Å². The van der Waals surface area contributed by atoms with Gasteiger partial charge in [-0.05, 0) is 36.3 Å². The molecule has 88 valence electrons. The van der Waals surface area contributed by atoms with Crippen molar-refractivity contribution in [3.05, 3.63) is 35.4 Å². The summed E-state index contributed by atoms with van der Waals surface area (Å²) >= 11 is 2.01. The van der Waals surface area contributed by atoms with Crippen molar-refractivity contribution in [1.82, 2.24) is 5.32 Å². The molecule has 0 fully saturated rings. The van der Waals surface area contributed by atoms with Crippen molar-refractivity contribution in [2.45, 2.75) is 18.9 Å². The second-order valence-electron chi connectivity index (χ2n) is 4.11. The lowest BCUT2D eigenvalue weighted by Crippen LogP contribution is -2.25. The number of thioether (sulfide) groups is 1. The van der Waals surface area contributed by atoms with Gasteiger partial charge in [0, 0.05) is 18.4 Å². The van der Waals surface area contributed by atoms with Crippen molar-refractivity contribution < 1.29 is 5.11 Å². The molecule has 3 heteroatoms. The zero-order valence-corrected chi connectivity index (χ0v) is 10.3. The van der Waals surface area contributed by atoms with Crippen LogP contribution in [0.4, 0.5) is 0 Å². The minimum absolute atomic E-state index is 0.272. The third-order valence-electron chi connectivity index (χ3n) is 2.96. The number of benzene rings is 1. The fourth-order valence-corrected chi connectivity index (χ4v) is 3.16. The fourth-order valence-electron chi connectivity index (χ4n) is 2.10. The fraction of sp³-hybridized carbons (Fsp3) is 0.538. The Kier molecular flexibility index (Phi) is 4.69. The number of hydrogen-bond donors (Lipinski definition) is 2. The third-order valence-corrected chi connectivity index (χ3v) is 4.02. The van der Waals surface area contributed by atoms with Gasteiger partial charge in [0.05, 0.1) is 0 Å². The van der Waals surface area contributed by atoms with Crippen molar-refractivity contribution in [2.24, 2.45) is 0 Å². The summed E-state index contributed by atoms with van der Waals surface area (Å²) < 4.78 is 0. The van der Waals surface area contributed by atoms with Crippen molar-refractivity contribution in [1.29, 1.82) is 0 Å². The maximum atomic E-state index is 8.80. The Morgan fingerprint density at radius 1 is 1.38 bits per heavy atom. The molecule has 0 saturated heterocycles. The highest BCUT2D eigenvalue weighted by atomic mass is 32.2. The molecule has 1 atom stereocenters. The second kappa shape index (κ2) is 6.28. The van der Waals surface area contributed by atoms with Crippen LogP contribution < -0.4 is 5.32 Å². The van der Waals surface area contributed by atoms with Crippen LogP contribution in [0.2, 0.25) is 0 Å². The topological polar surface area (TPSA) is 32.3 Å². The number of aliphatic hydroxyl groups excluding tert-OH is 1. The minimum Gasteiger partial charge on any atom is -0.396 e. The highest BCUT2D eigenvalue weighted by Gasteiger charge is 2.17. The first kappa shape index (κ1) is 12.0. The van der Waals surface area contributed by atoms with Crippen LogP contribution in [0.1, 0.15) is 23.6 Å². The lowest BCUT2D eigenvalue weighted by atomic mass is 10.00. The lowest BCUT2D eigenvalue weighted by Gasteiger charge is -2.18. The summed E-state index contributed by atoms with van der Waals surface area (Å²) in [6, 6.07) is 9.17. The summed E-state index contributed by atoms with van der Waals surface area (Å²) in [5.74, 6) is 2.36. The lowest BCUT2D eigenvalue weighted by molar-refractivity contribution is 0.284. The molecule has 0 saturated carbocycles. The van der Waals surface area contributed by atoms with Crippen molar-refractivity contribution in [3.63, 3.8) is 0 Å². The third kappa shape index (κ3) is 3.00. The minimum atomic E-state index is 0.272. The van der Waals surface area contributed by atoms with Gasteiger partial charge in [0.25, 0.3) is 0 Å². The van der Waals surface area contributed by atoms with Crippen LogP contribution in [-0.4, -0.2) is 29.8 Å². The maximum absolute atomic E-state index is 8.80. The van der Waals surface area contributed by atoms with Crippen LogP contribution in [0.25, 0.3) is 0 Å². The Morgan fingerprint density at radius 3 is 3.12 bits per heavy atom. The van der Waals surface area contributed by atoms with Gasteiger partial charge in [-0.1, -0.05) is 24.3 Å². The van der Waals surface area contributed by atoms with E-state index in [4.69, 9.17) is 5.11 Å². The zero-order valence-electron chi connectivity index (χ0n) is 9.48. The molecule has 0 spiro atoms. The van der Waals surface area contributed by atoms with Crippen LogP contribution in [0.3, 0.4) is 0 Å². The van der Waals surface area contributed by atoms with Gasteiger partial charge in [0.1, 0.15) is 0 Å². The summed E-state index contributed by atoms with van der Waals surface area (Å²) in [4.78, 5) is 0. The first-order chi connectivity index (χ1) is 7.92. The largest absolute Gasteiger partial charge is 0.396 e. The molecule has 0 aromatic heterocycles. The summed E-state index contributed by atoms with van der Waals surface area (Å²) in [6.45, 7) is 1.17. The van der Waals surface area contributed by atoms with E-state index in [0.29, 0.717) is 6.04 Å². The number of nitrogens with one attached hydrogen (secondary N) is 1. The first-order valence-electron chi connectivity index (χ1n) is 5.91. The second-order valence-corrected chi connectivity index (χ2v) is 5.26. The maximum Gasteiger partial charge on any atom is 0.0443 e. The first-order valence-corrected chi connectivity index (χ1v) is 7.07. The zero-order chi connectivity index (χ0) is 11.2. The Labute approximate surface area is 101 Å². The van der Waals surface area contributed by atoms with Crippen LogP contribution in [-0.2, 0) is 6.42 Å². The molecule has 2 rings (SSSR count). The van der Waals surface area contributed by atoms with Crippen LogP contribution in [0.5, 0.6) is 0 Å². The summed E-state index contributed by atoms with van der Waals surface area (Å²) in [5.41, 5.74) is 2.93. The standard InChI is InChI=1S/C13H19NOS/c15-8-3-7-14-13-10-16-9-6-11-4-1-2-5-12(11)13/h1-2,4-5,13-15H,3,6-10H2. The highest BCUT2D eigenvalue weighted by Crippen LogP contribution is 2.27. The Hall–Kier alpha value is -0.510. The quantitative estimate of drug-likeness (QED) is 0.786. The van der Waals surface area contributed by atoms with E-state index >= 15 is 0 Å². The molecule has 16 heavy (non-hydrogen) atoms. The Bertz CT molecular complexity index is 329. The number of hydrogen-bond acceptors (Lipinski definition) is 3. The van der Waals surface area contributed by atoms with Gasteiger partial charge in [-0.15, -0.1) is 0 Å². The van der Waals surface area contributed by atoms with Gasteiger partial charge in [-0.25, -0.2) is 0 Å². The van der Waals surface area contributed by atoms with Crippen LogP contribution >= 0.6 is 11.8 Å². The summed E-state index contributed by atoms with van der Waals surface area (Å²) in [6.07, 6.45) is 2.02. The van der Waals surface area contributed by atoms with Crippen molar-refractivity contribution >= 4 is 11.8 Å².